The Morgan fingerprint density at radius 2 is 1.98 bits per heavy atom. The predicted octanol–water partition coefficient (Wildman–Crippen LogP) is 3.00. The molecule has 2 aromatic carbocycles. The molecule has 3 aliphatic heterocycles. The zero-order chi connectivity index (χ0) is 28.1. The van der Waals surface area contributed by atoms with Gasteiger partial charge < -0.3 is 19.3 Å². The minimum absolute atomic E-state index is 0.0244. The Bertz CT molecular complexity index is 1530. The van der Waals surface area contributed by atoms with Gasteiger partial charge >= 0.3 is 0 Å². The number of aromatic nitrogens is 2. The van der Waals surface area contributed by atoms with E-state index in [9.17, 15) is 14.4 Å². The van der Waals surface area contributed by atoms with Crippen molar-refractivity contribution in [2.75, 3.05) is 11.4 Å². The Morgan fingerprint density at radius 3 is 2.78 bits per heavy atom. The second kappa shape index (κ2) is 10.1. The molecule has 0 spiro atoms. The Kier molecular flexibility index (Phi) is 6.29. The zero-order valence-corrected chi connectivity index (χ0v) is 22.2. The number of carbonyl (C=O) groups is 3. The highest BCUT2D eigenvalue weighted by Gasteiger charge is 2.51. The topological polar surface area (TPSA) is 114 Å². The molecule has 4 atom stereocenters. The average Bonchev–Trinajstić information content (AvgIpc) is 3.71. The molecular formula is C30H28FN5O5. The fourth-order valence-corrected chi connectivity index (χ4v) is 6.23. The van der Waals surface area contributed by atoms with Crippen molar-refractivity contribution >= 4 is 23.5 Å². The van der Waals surface area contributed by atoms with Crippen LogP contribution >= 0.6 is 0 Å². The monoisotopic (exact) mass is 557 g/mol. The molecule has 3 amide bonds. The first-order chi connectivity index (χ1) is 20.0. The van der Waals surface area contributed by atoms with Crippen LogP contribution in [0.25, 0.3) is 0 Å². The van der Waals surface area contributed by atoms with Gasteiger partial charge in [-0.2, -0.15) is 0 Å². The summed E-state index contributed by atoms with van der Waals surface area (Å²) >= 11 is 0. The Balaban J connectivity index is 0.983. The lowest BCUT2D eigenvalue weighted by molar-refractivity contribution is -0.136. The zero-order valence-electron chi connectivity index (χ0n) is 22.2. The van der Waals surface area contributed by atoms with Crippen molar-refractivity contribution in [3.8, 4) is 11.5 Å². The summed E-state index contributed by atoms with van der Waals surface area (Å²) in [6.45, 7) is 0.976. The maximum absolute atomic E-state index is 15.1. The van der Waals surface area contributed by atoms with Gasteiger partial charge in [-0.3, -0.25) is 19.7 Å². The van der Waals surface area contributed by atoms with Crippen molar-refractivity contribution in [3.63, 3.8) is 0 Å². The molecule has 3 aromatic rings. The lowest BCUT2D eigenvalue weighted by atomic mass is 10.0. The minimum Gasteiger partial charge on any atom is -0.490 e. The Labute approximate surface area is 235 Å². The molecule has 1 aromatic heterocycles. The van der Waals surface area contributed by atoms with Crippen molar-refractivity contribution in [2.24, 2.45) is 5.92 Å². The molecule has 3 unspecified atom stereocenters. The third kappa shape index (κ3) is 4.75. The number of hydrogen-bond acceptors (Lipinski definition) is 8. The summed E-state index contributed by atoms with van der Waals surface area (Å²) in [5, 5.41) is 2.30. The van der Waals surface area contributed by atoms with E-state index in [1.807, 2.05) is 6.07 Å². The molecule has 10 nitrogen and oxygen atoms in total. The smallest absolute Gasteiger partial charge is 0.255 e. The summed E-state index contributed by atoms with van der Waals surface area (Å²) in [6, 6.07) is 11.5. The number of imide groups is 1. The number of amides is 3. The highest BCUT2D eigenvalue weighted by molar-refractivity contribution is 6.05. The molecule has 1 aliphatic carbocycles. The lowest BCUT2D eigenvalue weighted by Crippen LogP contribution is -2.52. The molecule has 4 heterocycles. The van der Waals surface area contributed by atoms with Gasteiger partial charge in [0.1, 0.15) is 48.2 Å². The normalized spacial score (nSPS) is 25.0. The number of anilines is 1. The van der Waals surface area contributed by atoms with E-state index in [1.54, 1.807) is 42.9 Å². The number of fused-ring (bicyclic) bond motifs is 2. The van der Waals surface area contributed by atoms with Crippen LogP contribution in [0.2, 0.25) is 0 Å². The van der Waals surface area contributed by atoms with Gasteiger partial charge in [-0.05, 0) is 43.2 Å². The molecule has 2 saturated heterocycles. The fourth-order valence-electron chi connectivity index (χ4n) is 6.23. The van der Waals surface area contributed by atoms with Crippen molar-refractivity contribution < 1.29 is 28.2 Å². The molecule has 0 bridgehead atoms. The summed E-state index contributed by atoms with van der Waals surface area (Å²) in [5.74, 6) is 0.742. The lowest BCUT2D eigenvalue weighted by Gasteiger charge is -2.32. The van der Waals surface area contributed by atoms with Gasteiger partial charge in [0.15, 0.2) is 0 Å². The summed E-state index contributed by atoms with van der Waals surface area (Å²) in [6.07, 6.45) is 5.64. The van der Waals surface area contributed by atoms with E-state index in [-0.39, 0.29) is 43.9 Å². The second-order valence-electron chi connectivity index (χ2n) is 10.9. The molecule has 1 saturated carbocycles. The van der Waals surface area contributed by atoms with E-state index < -0.39 is 17.8 Å². The SMILES string of the molecule is O=C1CC[C@H](N2Cc3c(OCc4ccc(OC5CCN(c6ccncn6)C6CC56)cc4F)cccc3C2=O)C(=O)N1. The first kappa shape index (κ1) is 25.4. The van der Waals surface area contributed by atoms with Crippen LogP contribution in [0.1, 0.15) is 47.2 Å². The van der Waals surface area contributed by atoms with Gasteiger partial charge in [-0.1, -0.05) is 6.07 Å². The molecule has 3 fully saturated rings. The van der Waals surface area contributed by atoms with E-state index in [0.29, 0.717) is 40.1 Å². The molecule has 0 radical (unpaired) electrons. The maximum atomic E-state index is 15.1. The summed E-state index contributed by atoms with van der Waals surface area (Å²) in [5.41, 5.74) is 1.46. The van der Waals surface area contributed by atoms with E-state index >= 15 is 4.39 Å². The molecule has 7 rings (SSSR count). The van der Waals surface area contributed by atoms with E-state index in [2.05, 4.69) is 20.2 Å². The van der Waals surface area contributed by atoms with E-state index in [4.69, 9.17) is 9.47 Å². The summed E-state index contributed by atoms with van der Waals surface area (Å²) < 4.78 is 27.3. The number of ether oxygens (including phenoxy) is 2. The van der Waals surface area contributed by atoms with E-state index in [1.165, 1.54) is 11.0 Å². The van der Waals surface area contributed by atoms with Crippen LogP contribution in [0.15, 0.2) is 55.0 Å². The van der Waals surface area contributed by atoms with Crippen LogP contribution in [-0.2, 0) is 22.7 Å². The Morgan fingerprint density at radius 1 is 1.07 bits per heavy atom. The van der Waals surface area contributed by atoms with Crippen LogP contribution in [0, 0.1) is 11.7 Å². The highest BCUT2D eigenvalue weighted by atomic mass is 19.1. The molecule has 4 aliphatic rings. The van der Waals surface area contributed by atoms with Crippen molar-refractivity contribution in [1.82, 2.24) is 20.2 Å². The number of benzene rings is 2. The van der Waals surface area contributed by atoms with Crippen LogP contribution in [0.3, 0.4) is 0 Å². The number of nitrogens with one attached hydrogen (secondary N) is 1. The largest absolute Gasteiger partial charge is 0.490 e. The van der Waals surface area contributed by atoms with Crippen LogP contribution in [-0.4, -0.2) is 57.3 Å². The fraction of sp³-hybridized carbons (Fsp3) is 0.367. The number of halogens is 1. The molecule has 11 heteroatoms. The molecule has 41 heavy (non-hydrogen) atoms. The van der Waals surface area contributed by atoms with Crippen LogP contribution in [0.4, 0.5) is 10.2 Å². The van der Waals surface area contributed by atoms with Gasteiger partial charge in [0.25, 0.3) is 5.91 Å². The van der Waals surface area contributed by atoms with Crippen LogP contribution < -0.4 is 19.7 Å². The molecule has 1 N–H and O–H groups in total. The number of rotatable bonds is 7. The number of hydrogen-bond donors (Lipinski definition) is 1. The number of nitrogens with zero attached hydrogens (tertiary/aromatic N) is 4. The third-order valence-electron chi connectivity index (χ3n) is 8.43. The first-order valence-electron chi connectivity index (χ1n) is 13.8. The van der Waals surface area contributed by atoms with Crippen molar-refractivity contribution in [1.29, 1.82) is 0 Å². The van der Waals surface area contributed by atoms with Gasteiger partial charge in [0.05, 0.1) is 6.54 Å². The highest BCUT2D eigenvalue weighted by Crippen LogP contribution is 2.46. The summed E-state index contributed by atoms with van der Waals surface area (Å²) in [4.78, 5) is 49.1. The van der Waals surface area contributed by atoms with Crippen LogP contribution in [0.5, 0.6) is 11.5 Å². The molecular weight excluding hydrogens is 529 g/mol. The second-order valence-corrected chi connectivity index (χ2v) is 10.9. The summed E-state index contributed by atoms with van der Waals surface area (Å²) in [7, 11) is 0. The standard InChI is InChI=1S/C30H28FN5O5/c31-22-12-18(41-26-9-11-35(24-13-20(24)26)27-8-10-32-16-33-27)5-4-17(22)15-40-25-3-1-2-19-21(25)14-36(30(19)39)23-6-7-28(37)34-29(23)38/h1-5,8,10,12,16,20,23-24,26H,6-7,9,11,13-15H2,(H,34,37,38)/t20?,23-,24?,26?/m0/s1. The number of carbonyl (C=O) groups excluding carboxylic acids is 3. The quantitative estimate of drug-likeness (QED) is 0.441. The number of piperidine rings is 2. The van der Waals surface area contributed by atoms with E-state index in [0.717, 1.165) is 25.2 Å². The van der Waals surface area contributed by atoms with Gasteiger partial charge in [0, 0.05) is 60.3 Å². The average molecular weight is 558 g/mol. The third-order valence-corrected chi connectivity index (χ3v) is 8.43. The van der Waals surface area contributed by atoms with Gasteiger partial charge in [0.2, 0.25) is 11.8 Å². The maximum Gasteiger partial charge on any atom is 0.255 e. The molecule has 210 valence electrons. The van der Waals surface area contributed by atoms with Gasteiger partial charge in [-0.25, -0.2) is 14.4 Å². The van der Waals surface area contributed by atoms with Crippen molar-refractivity contribution in [3.05, 3.63) is 77.5 Å². The van der Waals surface area contributed by atoms with Gasteiger partial charge in [-0.15, -0.1) is 0 Å². The predicted molar refractivity (Wildman–Crippen MR) is 144 cm³/mol. The first-order valence-corrected chi connectivity index (χ1v) is 13.8. The Hall–Kier alpha value is -4.54. The van der Waals surface area contributed by atoms with Crippen molar-refractivity contribution in [2.45, 2.75) is 57.0 Å². The minimum atomic E-state index is -0.712.